The van der Waals surface area contributed by atoms with Crippen LogP contribution in [0.3, 0.4) is 0 Å². The smallest absolute Gasteiger partial charge is 0.264 e. The summed E-state index contributed by atoms with van der Waals surface area (Å²) in [6, 6.07) is 13.7. The van der Waals surface area contributed by atoms with Gasteiger partial charge in [-0.25, -0.2) is 8.42 Å². The molecule has 1 saturated heterocycles. The van der Waals surface area contributed by atoms with Crippen LogP contribution < -0.4 is 9.04 Å². The number of aliphatic hydroxyl groups excluding tert-OH is 1. The van der Waals surface area contributed by atoms with Crippen LogP contribution in [0, 0.1) is 6.92 Å². The van der Waals surface area contributed by atoms with Gasteiger partial charge < -0.3 is 14.7 Å². The van der Waals surface area contributed by atoms with E-state index < -0.39 is 16.1 Å². The molecule has 0 aliphatic carbocycles. The SMILES string of the molecule is COc1ccccc1N(C[C@@H](O)CN1CCN(C)CC1)S(=O)(=O)c1ccc(C)cc1. The predicted octanol–water partition coefficient (Wildman–Crippen LogP) is 1.81. The zero-order valence-electron chi connectivity index (χ0n) is 17.9. The number of methoxy groups -OCH3 is 1. The quantitative estimate of drug-likeness (QED) is 0.685. The van der Waals surface area contributed by atoms with E-state index in [2.05, 4.69) is 16.8 Å². The maximum absolute atomic E-state index is 13.5. The number of aryl methyl sites for hydroxylation is 1. The predicted molar refractivity (Wildman–Crippen MR) is 119 cm³/mol. The number of anilines is 1. The maximum atomic E-state index is 13.5. The van der Waals surface area contributed by atoms with Crippen molar-refractivity contribution in [1.29, 1.82) is 0 Å². The van der Waals surface area contributed by atoms with Crippen LogP contribution in [-0.2, 0) is 10.0 Å². The number of benzene rings is 2. The Labute approximate surface area is 179 Å². The van der Waals surface area contributed by atoms with Gasteiger partial charge in [0.2, 0.25) is 0 Å². The molecular weight excluding hydrogens is 402 g/mol. The van der Waals surface area contributed by atoms with Gasteiger partial charge in [0, 0.05) is 32.7 Å². The van der Waals surface area contributed by atoms with Crippen LogP contribution in [0.15, 0.2) is 53.4 Å². The molecule has 7 nitrogen and oxygen atoms in total. The summed E-state index contributed by atoms with van der Waals surface area (Å²) >= 11 is 0. The molecule has 164 valence electrons. The van der Waals surface area contributed by atoms with E-state index in [1.807, 2.05) is 6.92 Å². The van der Waals surface area contributed by atoms with Crippen molar-refractivity contribution in [3.63, 3.8) is 0 Å². The Morgan fingerprint density at radius 1 is 1.07 bits per heavy atom. The third-order valence-corrected chi connectivity index (χ3v) is 7.20. The van der Waals surface area contributed by atoms with Crippen molar-refractivity contribution in [2.24, 2.45) is 0 Å². The van der Waals surface area contributed by atoms with Crippen LogP contribution in [0.2, 0.25) is 0 Å². The van der Waals surface area contributed by atoms with E-state index in [1.165, 1.54) is 11.4 Å². The molecule has 0 saturated carbocycles. The van der Waals surface area contributed by atoms with Gasteiger partial charge in [0.05, 0.1) is 30.3 Å². The fourth-order valence-corrected chi connectivity index (χ4v) is 5.09. The van der Waals surface area contributed by atoms with Gasteiger partial charge in [-0.3, -0.25) is 9.21 Å². The van der Waals surface area contributed by atoms with Crippen molar-refractivity contribution in [3.8, 4) is 5.75 Å². The van der Waals surface area contributed by atoms with Gasteiger partial charge in [0.15, 0.2) is 0 Å². The normalized spacial score (nSPS) is 16.9. The molecule has 0 amide bonds. The number of hydrogen-bond donors (Lipinski definition) is 1. The maximum Gasteiger partial charge on any atom is 0.264 e. The Morgan fingerprint density at radius 3 is 2.33 bits per heavy atom. The fraction of sp³-hybridized carbons (Fsp3) is 0.455. The molecule has 0 spiro atoms. The fourth-order valence-electron chi connectivity index (χ4n) is 3.58. The molecule has 0 aromatic heterocycles. The number of β-amino-alcohol motifs (C(OH)–C–C–N with tert-alkyl or cyclic N) is 1. The summed E-state index contributed by atoms with van der Waals surface area (Å²) in [5.74, 6) is 0.444. The molecule has 0 bridgehead atoms. The van der Waals surface area contributed by atoms with E-state index in [9.17, 15) is 13.5 Å². The number of para-hydroxylation sites is 2. The summed E-state index contributed by atoms with van der Waals surface area (Å²) in [6.45, 7) is 5.86. The molecular formula is C22H31N3O4S. The summed E-state index contributed by atoms with van der Waals surface area (Å²) in [7, 11) is -0.297. The zero-order valence-corrected chi connectivity index (χ0v) is 18.7. The number of piperazine rings is 1. The van der Waals surface area contributed by atoms with Gasteiger partial charge in [0.25, 0.3) is 10.0 Å². The number of likely N-dealkylation sites (N-methyl/N-ethyl adjacent to an activating group) is 1. The summed E-state index contributed by atoms with van der Waals surface area (Å²) in [6.07, 6.45) is -0.835. The molecule has 1 fully saturated rings. The van der Waals surface area contributed by atoms with Gasteiger partial charge in [-0.1, -0.05) is 29.8 Å². The highest BCUT2D eigenvalue weighted by Crippen LogP contribution is 2.32. The molecule has 1 aliphatic heterocycles. The topological polar surface area (TPSA) is 73.3 Å². The molecule has 1 atom stereocenters. The molecule has 0 unspecified atom stereocenters. The van der Waals surface area contributed by atoms with E-state index >= 15 is 0 Å². The number of hydrogen-bond acceptors (Lipinski definition) is 6. The molecule has 8 heteroatoms. The lowest BCUT2D eigenvalue weighted by molar-refractivity contribution is 0.0853. The Balaban J connectivity index is 1.89. The largest absolute Gasteiger partial charge is 0.495 e. The van der Waals surface area contributed by atoms with E-state index in [-0.39, 0.29) is 11.4 Å². The van der Waals surface area contributed by atoms with Gasteiger partial charge in [-0.2, -0.15) is 0 Å². The molecule has 2 aromatic carbocycles. The van der Waals surface area contributed by atoms with Crippen LogP contribution >= 0.6 is 0 Å². The lowest BCUT2D eigenvalue weighted by atomic mass is 10.2. The second-order valence-electron chi connectivity index (χ2n) is 7.78. The van der Waals surface area contributed by atoms with E-state index in [0.29, 0.717) is 18.0 Å². The number of aliphatic hydroxyl groups is 1. The van der Waals surface area contributed by atoms with Crippen LogP contribution in [0.25, 0.3) is 0 Å². The van der Waals surface area contributed by atoms with Crippen molar-refractivity contribution in [1.82, 2.24) is 9.80 Å². The lowest BCUT2D eigenvalue weighted by Gasteiger charge is -2.35. The Hall–Kier alpha value is -2.13. The van der Waals surface area contributed by atoms with Crippen molar-refractivity contribution in [2.75, 3.05) is 57.7 Å². The molecule has 0 radical (unpaired) electrons. The lowest BCUT2D eigenvalue weighted by Crippen LogP contribution is -2.49. The highest BCUT2D eigenvalue weighted by atomic mass is 32.2. The van der Waals surface area contributed by atoms with Crippen LogP contribution in [0.1, 0.15) is 5.56 Å². The van der Waals surface area contributed by atoms with Crippen molar-refractivity contribution in [2.45, 2.75) is 17.9 Å². The average molecular weight is 434 g/mol. The molecule has 1 N–H and O–H groups in total. The van der Waals surface area contributed by atoms with Crippen molar-refractivity contribution < 1.29 is 18.3 Å². The summed E-state index contributed by atoms with van der Waals surface area (Å²) in [4.78, 5) is 4.60. The van der Waals surface area contributed by atoms with Gasteiger partial charge >= 0.3 is 0 Å². The van der Waals surface area contributed by atoms with E-state index in [4.69, 9.17) is 4.74 Å². The van der Waals surface area contributed by atoms with Gasteiger partial charge in [0.1, 0.15) is 5.75 Å². The number of rotatable bonds is 8. The van der Waals surface area contributed by atoms with Crippen molar-refractivity contribution in [3.05, 3.63) is 54.1 Å². The molecule has 1 heterocycles. The van der Waals surface area contributed by atoms with Gasteiger partial charge in [-0.05, 0) is 38.2 Å². The molecule has 3 rings (SSSR count). The van der Waals surface area contributed by atoms with Crippen LogP contribution in [0.4, 0.5) is 5.69 Å². The monoisotopic (exact) mass is 433 g/mol. The highest BCUT2D eigenvalue weighted by Gasteiger charge is 2.30. The second kappa shape index (κ2) is 9.78. The minimum Gasteiger partial charge on any atom is -0.495 e. The molecule has 1 aliphatic rings. The first-order valence-electron chi connectivity index (χ1n) is 10.1. The Kier molecular flexibility index (Phi) is 7.36. The molecule has 2 aromatic rings. The first kappa shape index (κ1) is 22.6. The third-order valence-electron chi connectivity index (χ3n) is 5.40. The summed E-state index contributed by atoms with van der Waals surface area (Å²) in [5.41, 5.74) is 1.39. The number of ether oxygens (including phenoxy) is 1. The molecule has 30 heavy (non-hydrogen) atoms. The first-order chi connectivity index (χ1) is 14.3. The summed E-state index contributed by atoms with van der Waals surface area (Å²) in [5, 5.41) is 10.8. The van der Waals surface area contributed by atoms with Crippen LogP contribution in [0.5, 0.6) is 5.75 Å². The first-order valence-corrected chi connectivity index (χ1v) is 11.6. The standard InChI is InChI=1S/C22H31N3O4S/c1-18-8-10-20(11-9-18)30(27,28)25(21-6-4-5-7-22(21)29-3)17-19(26)16-24-14-12-23(2)13-15-24/h4-11,19,26H,12-17H2,1-3H3/t19-/m0/s1. The third kappa shape index (κ3) is 5.31. The zero-order chi connectivity index (χ0) is 21.7. The minimum atomic E-state index is -3.88. The van der Waals surface area contributed by atoms with E-state index in [0.717, 1.165) is 31.7 Å². The second-order valence-corrected chi connectivity index (χ2v) is 9.64. The number of nitrogens with zero attached hydrogens (tertiary/aromatic N) is 3. The Morgan fingerprint density at radius 2 is 1.70 bits per heavy atom. The highest BCUT2D eigenvalue weighted by molar-refractivity contribution is 7.92. The minimum absolute atomic E-state index is 0.0527. The van der Waals surface area contributed by atoms with Crippen LogP contribution in [-0.4, -0.2) is 82.9 Å². The summed E-state index contributed by atoms with van der Waals surface area (Å²) < 4.78 is 33.7. The van der Waals surface area contributed by atoms with Crippen molar-refractivity contribution >= 4 is 15.7 Å². The Bertz CT molecular complexity index is 926. The number of sulfonamides is 1. The average Bonchev–Trinajstić information content (AvgIpc) is 2.74. The van der Waals surface area contributed by atoms with E-state index in [1.54, 1.807) is 48.5 Å². The van der Waals surface area contributed by atoms with Gasteiger partial charge in [-0.15, -0.1) is 0 Å².